The molecule has 0 aliphatic carbocycles. The number of carbonyl (C=O) groups is 1. The zero-order valence-corrected chi connectivity index (χ0v) is 13.4. The molecule has 6 nitrogen and oxygen atoms in total. The summed E-state index contributed by atoms with van der Waals surface area (Å²) in [5, 5.41) is 9.17. The number of ether oxygens (including phenoxy) is 4. The van der Waals surface area contributed by atoms with Gasteiger partial charge in [0, 0.05) is 5.56 Å². The minimum absolute atomic E-state index is 0.179. The molecule has 0 atom stereocenters. The maximum Gasteiger partial charge on any atom is 0.335 e. The molecule has 0 heterocycles. The van der Waals surface area contributed by atoms with Crippen LogP contribution >= 0.6 is 0 Å². The van der Waals surface area contributed by atoms with Crippen LogP contribution in [0.25, 0.3) is 11.1 Å². The number of carboxylic acids is 1. The highest BCUT2D eigenvalue weighted by molar-refractivity contribution is 5.90. The Balaban J connectivity index is 2.75. The fourth-order valence-corrected chi connectivity index (χ4v) is 2.37. The summed E-state index contributed by atoms with van der Waals surface area (Å²) in [6.07, 6.45) is 0. The van der Waals surface area contributed by atoms with Gasteiger partial charge in [-0.1, -0.05) is 12.1 Å². The molecule has 0 unspecified atom stereocenters. The van der Waals surface area contributed by atoms with E-state index in [-0.39, 0.29) is 5.56 Å². The fourth-order valence-electron chi connectivity index (χ4n) is 2.37. The van der Waals surface area contributed by atoms with Crippen molar-refractivity contribution in [2.75, 3.05) is 28.4 Å². The van der Waals surface area contributed by atoms with E-state index < -0.39 is 5.97 Å². The first-order valence-corrected chi connectivity index (χ1v) is 6.78. The van der Waals surface area contributed by atoms with Gasteiger partial charge in [-0.3, -0.25) is 0 Å². The monoisotopic (exact) mass is 318 g/mol. The first-order valence-electron chi connectivity index (χ1n) is 6.78. The van der Waals surface area contributed by atoms with E-state index in [2.05, 4.69) is 0 Å². The molecule has 122 valence electrons. The van der Waals surface area contributed by atoms with Crippen LogP contribution in [0.2, 0.25) is 0 Å². The van der Waals surface area contributed by atoms with Crippen molar-refractivity contribution in [1.82, 2.24) is 0 Å². The molecule has 2 aromatic carbocycles. The highest BCUT2D eigenvalue weighted by atomic mass is 16.5. The molecule has 23 heavy (non-hydrogen) atoms. The standard InChI is InChI=1S/C17H18O6/c1-20-13-9-12(10-6-5-7-11(8-10)17(18)19)14(21-2)16(23-4)15(13)22-3/h5-9H,1-4H3,(H,18,19). The van der Waals surface area contributed by atoms with Crippen molar-refractivity contribution in [1.29, 1.82) is 0 Å². The van der Waals surface area contributed by atoms with Gasteiger partial charge in [0.1, 0.15) is 0 Å². The van der Waals surface area contributed by atoms with Crippen molar-refractivity contribution in [2.45, 2.75) is 0 Å². The van der Waals surface area contributed by atoms with E-state index in [1.54, 1.807) is 24.3 Å². The molecule has 6 heteroatoms. The van der Waals surface area contributed by atoms with Crippen LogP contribution < -0.4 is 18.9 Å². The van der Waals surface area contributed by atoms with Gasteiger partial charge in [-0.05, 0) is 23.8 Å². The fraction of sp³-hybridized carbons (Fsp3) is 0.235. The zero-order valence-electron chi connectivity index (χ0n) is 13.4. The van der Waals surface area contributed by atoms with Gasteiger partial charge in [-0.2, -0.15) is 0 Å². The SMILES string of the molecule is COc1cc(-c2cccc(C(=O)O)c2)c(OC)c(OC)c1OC. The third-order valence-electron chi connectivity index (χ3n) is 3.41. The second kappa shape index (κ2) is 6.91. The Morgan fingerprint density at radius 3 is 2.04 bits per heavy atom. The molecule has 0 saturated carbocycles. The highest BCUT2D eigenvalue weighted by Crippen LogP contribution is 2.49. The quantitative estimate of drug-likeness (QED) is 0.882. The maximum absolute atomic E-state index is 11.2. The summed E-state index contributed by atoms with van der Waals surface area (Å²) in [6.45, 7) is 0. The molecular weight excluding hydrogens is 300 g/mol. The average molecular weight is 318 g/mol. The Labute approximate surface area is 134 Å². The molecule has 2 rings (SSSR count). The number of aromatic carboxylic acids is 1. The summed E-state index contributed by atoms with van der Waals surface area (Å²) >= 11 is 0. The van der Waals surface area contributed by atoms with Gasteiger partial charge in [-0.25, -0.2) is 4.79 Å². The van der Waals surface area contributed by atoms with Crippen molar-refractivity contribution < 1.29 is 28.8 Å². The van der Waals surface area contributed by atoms with Gasteiger partial charge in [0.25, 0.3) is 0 Å². The molecule has 2 aromatic rings. The molecule has 0 spiro atoms. The normalized spacial score (nSPS) is 10.1. The number of methoxy groups -OCH3 is 4. The average Bonchev–Trinajstić information content (AvgIpc) is 2.59. The topological polar surface area (TPSA) is 74.2 Å². The summed E-state index contributed by atoms with van der Waals surface area (Å²) in [4.78, 5) is 11.2. The Morgan fingerprint density at radius 1 is 0.870 bits per heavy atom. The smallest absolute Gasteiger partial charge is 0.335 e. The Kier molecular flexibility index (Phi) is 4.95. The Bertz CT molecular complexity index is 723. The molecule has 0 aromatic heterocycles. The second-order valence-electron chi connectivity index (χ2n) is 4.61. The largest absolute Gasteiger partial charge is 0.493 e. The third-order valence-corrected chi connectivity index (χ3v) is 3.41. The molecule has 0 amide bonds. The first-order chi connectivity index (χ1) is 11.1. The third kappa shape index (κ3) is 3.01. The Hall–Kier alpha value is -2.89. The van der Waals surface area contributed by atoms with Crippen molar-refractivity contribution in [2.24, 2.45) is 0 Å². The van der Waals surface area contributed by atoms with E-state index in [0.717, 1.165) is 0 Å². The lowest BCUT2D eigenvalue weighted by Gasteiger charge is -2.18. The molecule has 0 saturated heterocycles. The number of hydrogen-bond acceptors (Lipinski definition) is 5. The lowest BCUT2D eigenvalue weighted by Crippen LogP contribution is -2.01. The highest BCUT2D eigenvalue weighted by Gasteiger charge is 2.22. The predicted molar refractivity (Wildman–Crippen MR) is 85.0 cm³/mol. The molecule has 0 aliphatic heterocycles. The summed E-state index contributed by atoms with van der Waals surface area (Å²) in [6, 6.07) is 8.26. The summed E-state index contributed by atoms with van der Waals surface area (Å²) < 4.78 is 21.5. The van der Waals surface area contributed by atoms with Crippen LogP contribution in [0.4, 0.5) is 0 Å². The van der Waals surface area contributed by atoms with Crippen molar-refractivity contribution in [3.8, 4) is 34.1 Å². The van der Waals surface area contributed by atoms with E-state index in [1.165, 1.54) is 34.5 Å². The number of hydrogen-bond donors (Lipinski definition) is 1. The Morgan fingerprint density at radius 2 is 1.52 bits per heavy atom. The number of benzene rings is 2. The van der Waals surface area contributed by atoms with Gasteiger partial charge in [-0.15, -0.1) is 0 Å². The van der Waals surface area contributed by atoms with Crippen LogP contribution in [0.15, 0.2) is 30.3 Å². The second-order valence-corrected chi connectivity index (χ2v) is 4.61. The molecule has 0 bridgehead atoms. The van der Waals surface area contributed by atoms with Crippen LogP contribution in [0.5, 0.6) is 23.0 Å². The van der Waals surface area contributed by atoms with Crippen LogP contribution in [-0.2, 0) is 0 Å². The van der Waals surface area contributed by atoms with Crippen molar-refractivity contribution >= 4 is 5.97 Å². The lowest BCUT2D eigenvalue weighted by molar-refractivity contribution is 0.0697. The van der Waals surface area contributed by atoms with Gasteiger partial charge in [0.2, 0.25) is 11.5 Å². The van der Waals surface area contributed by atoms with Crippen LogP contribution in [-0.4, -0.2) is 39.5 Å². The molecule has 0 radical (unpaired) electrons. The molecule has 0 aliphatic rings. The first kappa shape index (κ1) is 16.5. The van der Waals surface area contributed by atoms with E-state index in [4.69, 9.17) is 24.1 Å². The molecule has 0 fully saturated rings. The predicted octanol–water partition coefficient (Wildman–Crippen LogP) is 3.09. The zero-order chi connectivity index (χ0) is 17.0. The van der Waals surface area contributed by atoms with Gasteiger partial charge < -0.3 is 24.1 Å². The van der Waals surface area contributed by atoms with Crippen molar-refractivity contribution in [3.63, 3.8) is 0 Å². The van der Waals surface area contributed by atoms with Gasteiger partial charge in [0.05, 0.1) is 34.0 Å². The van der Waals surface area contributed by atoms with Gasteiger partial charge in [0.15, 0.2) is 11.5 Å². The maximum atomic E-state index is 11.2. The number of rotatable bonds is 6. The van der Waals surface area contributed by atoms with E-state index >= 15 is 0 Å². The summed E-state index contributed by atoms with van der Waals surface area (Å²) in [5.41, 5.74) is 1.49. The van der Waals surface area contributed by atoms with Crippen LogP contribution in [0.1, 0.15) is 10.4 Å². The van der Waals surface area contributed by atoms with Gasteiger partial charge >= 0.3 is 5.97 Å². The summed E-state index contributed by atoms with van der Waals surface area (Å²) in [5.74, 6) is 0.682. The van der Waals surface area contributed by atoms with Crippen LogP contribution in [0, 0.1) is 0 Å². The molecule has 1 N–H and O–H groups in total. The van der Waals surface area contributed by atoms with Crippen LogP contribution in [0.3, 0.4) is 0 Å². The number of carboxylic acid groups (broad SMARTS) is 1. The van der Waals surface area contributed by atoms with Crippen molar-refractivity contribution in [3.05, 3.63) is 35.9 Å². The van der Waals surface area contributed by atoms with E-state index in [9.17, 15) is 4.79 Å². The minimum atomic E-state index is -1.00. The lowest BCUT2D eigenvalue weighted by atomic mass is 10.0. The van der Waals surface area contributed by atoms with E-state index in [0.29, 0.717) is 34.1 Å². The summed E-state index contributed by atoms with van der Waals surface area (Å²) in [7, 11) is 6.03. The molecular formula is C17H18O6. The minimum Gasteiger partial charge on any atom is -0.493 e. The van der Waals surface area contributed by atoms with E-state index in [1.807, 2.05) is 0 Å².